The first-order valence-electron chi connectivity index (χ1n) is 7.33. The van der Waals surface area contributed by atoms with Gasteiger partial charge in [0.2, 0.25) is 5.89 Å². The number of nitrogens with two attached hydrogens (primary N) is 1. The molecule has 1 atom stereocenters. The second-order valence-corrected chi connectivity index (χ2v) is 6.96. The third-order valence-corrected chi connectivity index (χ3v) is 3.41. The summed E-state index contributed by atoms with van der Waals surface area (Å²) in [5.74, 6) is 2.88. The predicted octanol–water partition coefficient (Wildman–Crippen LogP) is 3.21. The molecule has 1 heterocycles. The number of hydrogen-bond acceptors (Lipinski definition) is 4. The Morgan fingerprint density at radius 2 is 1.89 bits per heavy atom. The molecule has 1 rings (SSSR count). The molecule has 0 bridgehead atoms. The van der Waals surface area contributed by atoms with Crippen LogP contribution in [0.5, 0.6) is 0 Å². The van der Waals surface area contributed by atoms with Gasteiger partial charge in [0.15, 0.2) is 5.82 Å². The summed E-state index contributed by atoms with van der Waals surface area (Å²) in [5, 5.41) is 4.06. The van der Waals surface area contributed by atoms with Crippen LogP contribution in [0.4, 0.5) is 0 Å². The van der Waals surface area contributed by atoms with Crippen LogP contribution in [0.1, 0.15) is 59.2 Å². The lowest BCUT2D eigenvalue weighted by Gasteiger charge is -2.18. The van der Waals surface area contributed by atoms with E-state index in [9.17, 15) is 0 Å². The summed E-state index contributed by atoms with van der Waals surface area (Å²) in [6.45, 7) is 11.8. The molecular formula is C15H29N3O. The first-order valence-corrected chi connectivity index (χ1v) is 7.33. The largest absolute Gasteiger partial charge is 0.339 e. The van der Waals surface area contributed by atoms with Crippen LogP contribution in [0, 0.1) is 17.3 Å². The molecule has 1 unspecified atom stereocenters. The normalized spacial score (nSPS) is 14.1. The van der Waals surface area contributed by atoms with Gasteiger partial charge in [-0.1, -0.05) is 39.8 Å². The average Bonchev–Trinajstić information content (AvgIpc) is 2.69. The van der Waals surface area contributed by atoms with Crippen molar-refractivity contribution in [2.75, 3.05) is 6.54 Å². The first-order chi connectivity index (χ1) is 8.81. The van der Waals surface area contributed by atoms with Gasteiger partial charge in [-0.15, -0.1) is 0 Å². The molecule has 0 amide bonds. The molecule has 0 radical (unpaired) electrons. The zero-order chi connectivity index (χ0) is 14.5. The maximum absolute atomic E-state index is 5.66. The fourth-order valence-corrected chi connectivity index (χ4v) is 2.27. The lowest BCUT2D eigenvalue weighted by Crippen LogP contribution is -2.15. The lowest BCUT2D eigenvalue weighted by atomic mass is 9.88. The minimum Gasteiger partial charge on any atom is -0.339 e. The van der Waals surface area contributed by atoms with E-state index < -0.39 is 0 Å². The van der Waals surface area contributed by atoms with Crippen molar-refractivity contribution in [3.8, 4) is 0 Å². The van der Waals surface area contributed by atoms with E-state index in [4.69, 9.17) is 10.3 Å². The molecule has 0 fully saturated rings. The van der Waals surface area contributed by atoms with Gasteiger partial charge in [0, 0.05) is 12.8 Å². The molecule has 0 spiro atoms. The number of aromatic nitrogens is 2. The van der Waals surface area contributed by atoms with E-state index in [2.05, 4.69) is 44.8 Å². The van der Waals surface area contributed by atoms with E-state index >= 15 is 0 Å². The summed E-state index contributed by atoms with van der Waals surface area (Å²) >= 11 is 0. The predicted molar refractivity (Wildman–Crippen MR) is 77.8 cm³/mol. The molecule has 2 N–H and O–H groups in total. The average molecular weight is 267 g/mol. The maximum atomic E-state index is 5.66. The molecule has 4 heteroatoms. The van der Waals surface area contributed by atoms with Gasteiger partial charge in [-0.05, 0) is 36.6 Å². The Bertz CT molecular complexity index is 366. The Balaban J connectivity index is 2.49. The van der Waals surface area contributed by atoms with Crippen LogP contribution in [-0.2, 0) is 12.8 Å². The lowest BCUT2D eigenvalue weighted by molar-refractivity contribution is 0.311. The third kappa shape index (κ3) is 6.19. The van der Waals surface area contributed by atoms with Crippen molar-refractivity contribution in [2.24, 2.45) is 23.0 Å². The van der Waals surface area contributed by atoms with Gasteiger partial charge < -0.3 is 10.3 Å². The van der Waals surface area contributed by atoms with E-state index in [0.29, 0.717) is 11.8 Å². The molecule has 0 saturated heterocycles. The van der Waals surface area contributed by atoms with Gasteiger partial charge in [-0.3, -0.25) is 0 Å². The van der Waals surface area contributed by atoms with Gasteiger partial charge in [-0.25, -0.2) is 0 Å². The highest BCUT2D eigenvalue weighted by Crippen LogP contribution is 2.22. The zero-order valence-corrected chi connectivity index (χ0v) is 13.1. The van der Waals surface area contributed by atoms with Crippen LogP contribution >= 0.6 is 0 Å². The SMILES string of the molecule is CC(C)C(CCN)CCc1nc(CC(C)(C)C)no1. The fraction of sp³-hybridized carbons (Fsp3) is 0.867. The summed E-state index contributed by atoms with van der Waals surface area (Å²) in [6, 6.07) is 0. The third-order valence-electron chi connectivity index (χ3n) is 3.41. The molecule has 0 aliphatic carbocycles. The van der Waals surface area contributed by atoms with Crippen LogP contribution < -0.4 is 5.73 Å². The first kappa shape index (κ1) is 16.2. The standard InChI is InChI=1S/C15H29N3O/c1-11(2)12(8-9-16)6-7-14-17-13(18-19-14)10-15(3,4)5/h11-12H,6-10,16H2,1-5H3. The number of aryl methyl sites for hydroxylation is 1. The Morgan fingerprint density at radius 3 is 2.42 bits per heavy atom. The highest BCUT2D eigenvalue weighted by atomic mass is 16.5. The second-order valence-electron chi connectivity index (χ2n) is 6.96. The Labute approximate surface area is 117 Å². The van der Waals surface area contributed by atoms with Crippen molar-refractivity contribution in [1.29, 1.82) is 0 Å². The minimum absolute atomic E-state index is 0.196. The Hall–Kier alpha value is -0.900. The van der Waals surface area contributed by atoms with Crippen molar-refractivity contribution in [3.05, 3.63) is 11.7 Å². The topological polar surface area (TPSA) is 64.9 Å². The van der Waals surface area contributed by atoms with E-state index in [-0.39, 0.29) is 5.41 Å². The molecule has 0 aromatic carbocycles. The molecule has 1 aromatic rings. The smallest absolute Gasteiger partial charge is 0.226 e. The van der Waals surface area contributed by atoms with Crippen molar-refractivity contribution in [1.82, 2.24) is 10.1 Å². The van der Waals surface area contributed by atoms with Crippen LogP contribution in [0.2, 0.25) is 0 Å². The monoisotopic (exact) mass is 267 g/mol. The Morgan fingerprint density at radius 1 is 1.21 bits per heavy atom. The van der Waals surface area contributed by atoms with Gasteiger partial charge >= 0.3 is 0 Å². The summed E-state index contributed by atoms with van der Waals surface area (Å²) < 4.78 is 5.33. The van der Waals surface area contributed by atoms with Gasteiger partial charge in [0.1, 0.15) is 0 Å². The van der Waals surface area contributed by atoms with Crippen LogP contribution in [0.25, 0.3) is 0 Å². The number of rotatable bonds is 7. The minimum atomic E-state index is 0.196. The summed E-state index contributed by atoms with van der Waals surface area (Å²) in [6.07, 6.45) is 3.86. The van der Waals surface area contributed by atoms with E-state index in [0.717, 1.165) is 43.9 Å². The van der Waals surface area contributed by atoms with Gasteiger partial charge in [-0.2, -0.15) is 4.98 Å². The molecule has 4 nitrogen and oxygen atoms in total. The van der Waals surface area contributed by atoms with Gasteiger partial charge in [0.05, 0.1) is 0 Å². The number of hydrogen-bond donors (Lipinski definition) is 1. The Kier molecular flexibility index (Phi) is 5.98. The van der Waals surface area contributed by atoms with Crippen LogP contribution in [-0.4, -0.2) is 16.7 Å². The quantitative estimate of drug-likeness (QED) is 0.824. The zero-order valence-electron chi connectivity index (χ0n) is 13.1. The highest BCUT2D eigenvalue weighted by molar-refractivity contribution is 4.90. The number of nitrogens with zero attached hydrogens (tertiary/aromatic N) is 2. The van der Waals surface area contributed by atoms with E-state index in [1.165, 1.54) is 0 Å². The summed E-state index contributed by atoms with van der Waals surface area (Å²) in [7, 11) is 0. The van der Waals surface area contributed by atoms with Crippen molar-refractivity contribution >= 4 is 0 Å². The van der Waals surface area contributed by atoms with Gasteiger partial charge in [0.25, 0.3) is 0 Å². The van der Waals surface area contributed by atoms with Crippen molar-refractivity contribution in [3.63, 3.8) is 0 Å². The van der Waals surface area contributed by atoms with Crippen LogP contribution in [0.15, 0.2) is 4.52 Å². The summed E-state index contributed by atoms with van der Waals surface area (Å²) in [5.41, 5.74) is 5.85. The van der Waals surface area contributed by atoms with E-state index in [1.807, 2.05) is 0 Å². The molecule has 110 valence electrons. The van der Waals surface area contributed by atoms with E-state index in [1.54, 1.807) is 0 Å². The van der Waals surface area contributed by atoms with Crippen molar-refractivity contribution in [2.45, 2.75) is 60.3 Å². The second kappa shape index (κ2) is 7.04. The van der Waals surface area contributed by atoms with Crippen LogP contribution in [0.3, 0.4) is 0 Å². The highest BCUT2D eigenvalue weighted by Gasteiger charge is 2.18. The molecule has 0 aliphatic heterocycles. The molecule has 19 heavy (non-hydrogen) atoms. The maximum Gasteiger partial charge on any atom is 0.226 e. The summed E-state index contributed by atoms with van der Waals surface area (Å²) in [4.78, 5) is 4.48. The molecule has 1 aromatic heterocycles. The molecular weight excluding hydrogens is 238 g/mol. The molecule has 0 saturated carbocycles. The fourth-order valence-electron chi connectivity index (χ4n) is 2.27. The molecule has 0 aliphatic rings. The van der Waals surface area contributed by atoms with Crippen molar-refractivity contribution < 1.29 is 4.52 Å².